The third-order valence-electron chi connectivity index (χ3n) is 5.11. The molecule has 0 saturated carbocycles. The van der Waals surface area contributed by atoms with Gasteiger partial charge in [-0.3, -0.25) is 14.4 Å². The fourth-order valence-electron chi connectivity index (χ4n) is 3.98. The van der Waals surface area contributed by atoms with E-state index in [0.717, 1.165) is 11.1 Å². The summed E-state index contributed by atoms with van der Waals surface area (Å²) < 4.78 is 19.0. The van der Waals surface area contributed by atoms with Gasteiger partial charge in [0.05, 0.1) is 0 Å². The Morgan fingerprint density at radius 3 is 1.48 bits per heavy atom. The van der Waals surface area contributed by atoms with Crippen molar-refractivity contribution in [3.05, 3.63) is 68.8 Å². The zero-order chi connectivity index (χ0) is 23.5. The Labute approximate surface area is 183 Å². The molecule has 0 amide bonds. The summed E-state index contributed by atoms with van der Waals surface area (Å²) in [7, 11) is -4.40. The van der Waals surface area contributed by atoms with Crippen LogP contribution < -0.4 is 0 Å². The summed E-state index contributed by atoms with van der Waals surface area (Å²) in [5, 5.41) is 0. The van der Waals surface area contributed by atoms with Crippen LogP contribution >= 0.6 is 7.14 Å². The van der Waals surface area contributed by atoms with Crippen LogP contribution in [0, 0.1) is 53.9 Å². The highest BCUT2D eigenvalue weighted by Gasteiger charge is 2.45. The summed E-state index contributed by atoms with van der Waals surface area (Å²) in [5.41, 5.74) is 3.03. The molecule has 162 valence electrons. The molecule has 0 atom stereocenters. The lowest BCUT2D eigenvalue weighted by Gasteiger charge is -2.20. The van der Waals surface area contributed by atoms with Crippen molar-refractivity contribution < 1.29 is 23.7 Å². The summed E-state index contributed by atoms with van der Waals surface area (Å²) in [6, 6.07) is 7.14. The molecular formula is C25H27O5P. The van der Waals surface area contributed by atoms with Crippen LogP contribution in [0.4, 0.5) is 0 Å². The molecule has 2 rings (SSSR count). The van der Waals surface area contributed by atoms with Crippen LogP contribution in [0.3, 0.4) is 0 Å². The van der Waals surface area contributed by atoms with E-state index in [2.05, 4.69) is 5.92 Å². The fraction of sp³-hybridized carbons (Fsp3) is 0.320. The number of benzene rings is 2. The van der Waals surface area contributed by atoms with E-state index < -0.39 is 30.3 Å². The maximum Gasteiger partial charge on any atom is 0.315 e. The van der Waals surface area contributed by atoms with E-state index in [9.17, 15) is 18.9 Å². The number of carbonyl (C=O) groups is 3. The van der Waals surface area contributed by atoms with Crippen LogP contribution in [0.25, 0.3) is 0 Å². The number of rotatable bonds is 7. The van der Waals surface area contributed by atoms with Crippen molar-refractivity contribution in [1.29, 1.82) is 0 Å². The Bertz CT molecular complexity index is 1050. The Morgan fingerprint density at radius 1 is 0.806 bits per heavy atom. The van der Waals surface area contributed by atoms with Gasteiger partial charge in [0.2, 0.25) is 18.2 Å². The zero-order valence-electron chi connectivity index (χ0n) is 18.8. The Kier molecular flexibility index (Phi) is 7.41. The summed E-state index contributed by atoms with van der Waals surface area (Å²) in [6.45, 7) is 10.3. The molecule has 0 unspecified atom stereocenters. The lowest BCUT2D eigenvalue weighted by Crippen LogP contribution is -2.22. The summed E-state index contributed by atoms with van der Waals surface area (Å²) in [5.74, 6) is 1.22. The second-order valence-electron chi connectivity index (χ2n) is 7.92. The molecule has 0 bridgehead atoms. The SMILES string of the molecule is C#CCOC(=O)CP(=O)(C(=O)c1c(C)cc(C)cc1C)C(=O)c1c(C)cc(C)cc1C. The molecule has 0 spiro atoms. The Balaban J connectivity index is 2.69. The monoisotopic (exact) mass is 438 g/mol. The highest BCUT2D eigenvalue weighted by molar-refractivity contribution is 7.96. The minimum Gasteiger partial charge on any atom is -0.452 e. The summed E-state index contributed by atoms with van der Waals surface area (Å²) in [4.78, 5) is 39.5. The molecule has 0 aromatic heterocycles. The average Bonchev–Trinajstić information content (AvgIpc) is 2.64. The summed E-state index contributed by atoms with van der Waals surface area (Å²) in [6.07, 6.45) is 4.29. The van der Waals surface area contributed by atoms with E-state index >= 15 is 0 Å². The zero-order valence-corrected chi connectivity index (χ0v) is 19.7. The molecule has 0 heterocycles. The molecule has 5 nitrogen and oxygen atoms in total. The lowest BCUT2D eigenvalue weighted by atomic mass is 10.0. The molecular weight excluding hydrogens is 411 g/mol. The second-order valence-corrected chi connectivity index (χ2v) is 10.5. The average molecular weight is 438 g/mol. The molecule has 0 N–H and O–H groups in total. The van der Waals surface area contributed by atoms with Crippen LogP contribution in [0.1, 0.15) is 54.1 Å². The van der Waals surface area contributed by atoms with Gasteiger partial charge in [0.25, 0.3) is 0 Å². The Morgan fingerprint density at radius 2 is 1.16 bits per heavy atom. The van der Waals surface area contributed by atoms with Gasteiger partial charge in [0.15, 0.2) is 6.61 Å². The van der Waals surface area contributed by atoms with E-state index in [0.29, 0.717) is 22.3 Å². The molecule has 2 aromatic carbocycles. The van der Waals surface area contributed by atoms with Gasteiger partial charge in [0, 0.05) is 11.1 Å². The van der Waals surface area contributed by atoms with Crippen molar-refractivity contribution in [1.82, 2.24) is 0 Å². The molecule has 6 heteroatoms. The Hall–Kier alpha value is -2.96. The van der Waals surface area contributed by atoms with Gasteiger partial charge in [-0.1, -0.05) is 41.3 Å². The maximum atomic E-state index is 14.1. The molecule has 0 aliphatic heterocycles. The highest BCUT2D eigenvalue weighted by Crippen LogP contribution is 2.53. The molecule has 0 aliphatic rings. The number of hydrogen-bond donors (Lipinski definition) is 0. The molecule has 2 aromatic rings. The largest absolute Gasteiger partial charge is 0.452 e. The first-order valence-electron chi connectivity index (χ1n) is 9.86. The van der Waals surface area contributed by atoms with Crippen LogP contribution in [-0.2, 0) is 14.1 Å². The minimum atomic E-state index is -4.40. The van der Waals surface area contributed by atoms with Crippen molar-refractivity contribution in [2.24, 2.45) is 0 Å². The fourth-order valence-corrected chi connectivity index (χ4v) is 6.34. The number of terminal acetylenes is 1. The molecule has 31 heavy (non-hydrogen) atoms. The molecule has 0 aliphatic carbocycles. The number of hydrogen-bond acceptors (Lipinski definition) is 5. The van der Waals surface area contributed by atoms with Crippen molar-refractivity contribution in [3.8, 4) is 12.3 Å². The van der Waals surface area contributed by atoms with Gasteiger partial charge in [0.1, 0.15) is 6.16 Å². The van der Waals surface area contributed by atoms with Crippen molar-refractivity contribution in [2.75, 3.05) is 12.8 Å². The smallest absolute Gasteiger partial charge is 0.315 e. The van der Waals surface area contributed by atoms with Gasteiger partial charge >= 0.3 is 5.97 Å². The van der Waals surface area contributed by atoms with E-state index in [1.807, 2.05) is 13.8 Å². The van der Waals surface area contributed by atoms with Crippen LogP contribution in [0.15, 0.2) is 24.3 Å². The van der Waals surface area contributed by atoms with Crippen molar-refractivity contribution in [3.63, 3.8) is 0 Å². The second kappa shape index (κ2) is 9.45. The standard InChI is InChI=1S/C25H27O5P/c1-8-9-30-21(26)14-31(29,24(27)22-17(4)10-15(2)11-18(22)5)25(28)23-19(6)12-16(3)13-20(23)7/h1,10-13H,9,14H2,2-7H3. The molecule has 0 saturated heterocycles. The maximum absolute atomic E-state index is 14.1. The molecule has 0 fully saturated rings. The van der Waals surface area contributed by atoms with E-state index in [4.69, 9.17) is 11.2 Å². The normalized spacial score (nSPS) is 11.0. The first kappa shape index (κ1) is 24.3. The number of esters is 1. The first-order chi connectivity index (χ1) is 14.4. The van der Waals surface area contributed by atoms with Crippen LogP contribution in [0.2, 0.25) is 0 Å². The quantitative estimate of drug-likeness (QED) is 0.343. The molecule has 0 radical (unpaired) electrons. The van der Waals surface area contributed by atoms with Gasteiger partial charge in [-0.25, -0.2) is 0 Å². The predicted molar refractivity (Wildman–Crippen MR) is 122 cm³/mol. The van der Waals surface area contributed by atoms with E-state index in [1.54, 1.807) is 52.0 Å². The van der Waals surface area contributed by atoms with Crippen LogP contribution in [-0.4, -0.2) is 29.8 Å². The summed E-state index contributed by atoms with van der Waals surface area (Å²) >= 11 is 0. The third kappa shape index (κ3) is 5.03. The number of carbonyl (C=O) groups excluding carboxylic acids is 3. The number of ether oxygens (including phenoxy) is 1. The van der Waals surface area contributed by atoms with Gasteiger partial charge in [-0.05, 0) is 63.8 Å². The highest BCUT2D eigenvalue weighted by atomic mass is 31.2. The van der Waals surface area contributed by atoms with E-state index in [-0.39, 0.29) is 17.7 Å². The predicted octanol–water partition coefficient (Wildman–Crippen LogP) is 5.06. The van der Waals surface area contributed by atoms with Gasteiger partial charge < -0.3 is 9.30 Å². The topological polar surface area (TPSA) is 77.5 Å². The third-order valence-corrected chi connectivity index (χ3v) is 7.57. The number of aryl methyl sites for hydroxylation is 6. The van der Waals surface area contributed by atoms with Crippen molar-refractivity contribution >= 4 is 24.2 Å². The van der Waals surface area contributed by atoms with Crippen LogP contribution in [0.5, 0.6) is 0 Å². The van der Waals surface area contributed by atoms with Gasteiger partial charge in [-0.2, -0.15) is 0 Å². The minimum absolute atomic E-state index is 0.203. The lowest BCUT2D eigenvalue weighted by molar-refractivity contribution is -0.139. The first-order valence-corrected chi connectivity index (χ1v) is 11.7. The van der Waals surface area contributed by atoms with Gasteiger partial charge in [-0.15, -0.1) is 6.42 Å². The van der Waals surface area contributed by atoms with Crippen molar-refractivity contribution in [2.45, 2.75) is 41.5 Å². The van der Waals surface area contributed by atoms with E-state index in [1.165, 1.54) is 0 Å².